The van der Waals surface area contributed by atoms with Crippen LogP contribution in [0.4, 0.5) is 13.2 Å². The average molecular weight is 322 g/mol. The van der Waals surface area contributed by atoms with E-state index in [0.29, 0.717) is 0 Å². The highest BCUT2D eigenvalue weighted by atomic mass is 32.2. The molecule has 0 atom stereocenters. The number of nitrogens with zero attached hydrogens (tertiary/aromatic N) is 2. The molecule has 3 nitrogen and oxygen atoms in total. The highest BCUT2D eigenvalue weighted by molar-refractivity contribution is 7.98. The van der Waals surface area contributed by atoms with E-state index >= 15 is 0 Å². The van der Waals surface area contributed by atoms with Crippen LogP contribution in [0.2, 0.25) is 0 Å². The zero-order valence-corrected chi connectivity index (χ0v) is 12.5. The lowest BCUT2D eigenvalue weighted by Crippen LogP contribution is -2.17. The Labute approximate surface area is 122 Å². The molecule has 110 valence electrons. The van der Waals surface area contributed by atoms with Crippen LogP contribution in [-0.4, -0.2) is 30.0 Å². The summed E-state index contributed by atoms with van der Waals surface area (Å²) in [5.41, 5.74) is 0.874. The molecule has 0 aliphatic rings. The van der Waals surface area contributed by atoms with Gasteiger partial charge < -0.3 is 9.30 Å². The third-order valence-corrected chi connectivity index (χ3v) is 4.32. The number of halogens is 3. The molecule has 1 aromatic carbocycles. The SMILES string of the molecule is C/N=c1/sc2cc(OC(F)(F)F)ccc2n1CCSC. The topological polar surface area (TPSA) is 26.5 Å². The van der Waals surface area contributed by atoms with Gasteiger partial charge in [-0.3, -0.25) is 4.99 Å². The fraction of sp³-hybridized carbons (Fsp3) is 0.417. The fourth-order valence-corrected chi connectivity index (χ4v) is 3.23. The van der Waals surface area contributed by atoms with E-state index in [4.69, 9.17) is 0 Å². The van der Waals surface area contributed by atoms with Crippen molar-refractivity contribution in [1.82, 2.24) is 4.57 Å². The molecule has 0 spiro atoms. The van der Waals surface area contributed by atoms with Gasteiger partial charge in [0.25, 0.3) is 0 Å². The second kappa shape index (κ2) is 6.09. The van der Waals surface area contributed by atoms with E-state index < -0.39 is 6.36 Å². The minimum atomic E-state index is -4.67. The van der Waals surface area contributed by atoms with E-state index in [1.165, 1.54) is 23.5 Å². The molecule has 0 saturated heterocycles. The lowest BCUT2D eigenvalue weighted by molar-refractivity contribution is -0.274. The summed E-state index contributed by atoms with van der Waals surface area (Å²) in [6.07, 6.45) is -2.66. The van der Waals surface area contributed by atoms with Crippen molar-refractivity contribution in [3.63, 3.8) is 0 Å². The normalized spacial score (nSPS) is 13.2. The van der Waals surface area contributed by atoms with Crippen LogP contribution >= 0.6 is 23.1 Å². The lowest BCUT2D eigenvalue weighted by atomic mass is 10.3. The summed E-state index contributed by atoms with van der Waals surface area (Å²) in [7, 11) is 1.67. The Bertz CT molecular complexity index is 661. The number of aryl methyl sites for hydroxylation is 1. The van der Waals surface area contributed by atoms with E-state index in [1.807, 2.05) is 10.8 Å². The van der Waals surface area contributed by atoms with E-state index in [1.54, 1.807) is 24.9 Å². The van der Waals surface area contributed by atoms with Crippen molar-refractivity contribution in [2.45, 2.75) is 12.9 Å². The van der Waals surface area contributed by atoms with Gasteiger partial charge in [-0.25, -0.2) is 0 Å². The Hall–Kier alpha value is -1.15. The van der Waals surface area contributed by atoms with Gasteiger partial charge in [0, 0.05) is 19.3 Å². The van der Waals surface area contributed by atoms with E-state index in [0.717, 1.165) is 27.3 Å². The summed E-state index contributed by atoms with van der Waals surface area (Å²) in [4.78, 5) is 4.96. The number of thiazole rings is 1. The van der Waals surface area contributed by atoms with Crippen molar-refractivity contribution >= 4 is 33.3 Å². The van der Waals surface area contributed by atoms with Gasteiger partial charge in [0.2, 0.25) is 0 Å². The highest BCUT2D eigenvalue weighted by Gasteiger charge is 2.31. The summed E-state index contributed by atoms with van der Waals surface area (Å²) in [6, 6.07) is 4.37. The molecule has 8 heteroatoms. The van der Waals surface area contributed by atoms with Gasteiger partial charge >= 0.3 is 6.36 Å². The van der Waals surface area contributed by atoms with Crippen LogP contribution in [0.3, 0.4) is 0 Å². The number of hydrogen-bond donors (Lipinski definition) is 0. The lowest BCUT2D eigenvalue weighted by Gasteiger charge is -2.09. The molecule has 2 rings (SSSR count). The number of hydrogen-bond acceptors (Lipinski definition) is 4. The maximum absolute atomic E-state index is 12.2. The first-order chi connectivity index (χ1) is 9.44. The monoisotopic (exact) mass is 322 g/mol. The third-order valence-electron chi connectivity index (χ3n) is 2.60. The van der Waals surface area contributed by atoms with Gasteiger partial charge in [-0.15, -0.1) is 13.2 Å². The number of ether oxygens (including phenoxy) is 1. The largest absolute Gasteiger partial charge is 0.573 e. The van der Waals surface area contributed by atoms with Gasteiger partial charge in [-0.1, -0.05) is 11.3 Å². The second-order valence-corrected chi connectivity index (χ2v) is 5.92. The molecule has 0 amide bonds. The molecule has 0 N–H and O–H groups in total. The quantitative estimate of drug-likeness (QED) is 0.861. The first-order valence-electron chi connectivity index (χ1n) is 5.75. The predicted octanol–water partition coefficient (Wildman–Crippen LogP) is 3.49. The van der Waals surface area contributed by atoms with Gasteiger partial charge in [-0.05, 0) is 24.5 Å². The molecule has 0 aliphatic heterocycles. The molecule has 0 radical (unpaired) electrons. The molecule has 20 heavy (non-hydrogen) atoms. The smallest absolute Gasteiger partial charge is 0.406 e. The molecule has 1 heterocycles. The number of benzene rings is 1. The Kier molecular flexibility index (Phi) is 4.64. The molecular formula is C12H13F3N2OS2. The molecule has 0 unspecified atom stereocenters. The number of rotatable bonds is 4. The first kappa shape index (κ1) is 15.2. The van der Waals surface area contributed by atoms with Crippen LogP contribution in [0.1, 0.15) is 0 Å². The molecule has 0 aliphatic carbocycles. The summed E-state index contributed by atoms with van der Waals surface area (Å²) < 4.78 is 43.3. The van der Waals surface area contributed by atoms with Crippen molar-refractivity contribution < 1.29 is 17.9 Å². The minimum Gasteiger partial charge on any atom is -0.406 e. The van der Waals surface area contributed by atoms with Gasteiger partial charge in [0.05, 0.1) is 10.2 Å². The molecular weight excluding hydrogens is 309 g/mol. The van der Waals surface area contributed by atoms with E-state index in [2.05, 4.69) is 9.73 Å². The predicted molar refractivity (Wildman–Crippen MR) is 76.4 cm³/mol. The van der Waals surface area contributed by atoms with Gasteiger partial charge in [0.1, 0.15) is 5.75 Å². The molecule has 0 bridgehead atoms. The van der Waals surface area contributed by atoms with Crippen molar-refractivity contribution in [3.05, 3.63) is 23.0 Å². The van der Waals surface area contributed by atoms with Crippen LogP contribution in [0.25, 0.3) is 10.2 Å². The van der Waals surface area contributed by atoms with Gasteiger partial charge in [-0.2, -0.15) is 11.8 Å². The molecule has 2 aromatic rings. The summed E-state index contributed by atoms with van der Waals surface area (Å²) in [6.45, 7) is 0.771. The van der Waals surface area contributed by atoms with Crippen molar-refractivity contribution in [2.24, 2.45) is 4.99 Å². The summed E-state index contributed by atoms with van der Waals surface area (Å²) >= 11 is 3.06. The minimum absolute atomic E-state index is 0.203. The first-order valence-corrected chi connectivity index (χ1v) is 7.96. The average Bonchev–Trinajstić information content (AvgIpc) is 2.71. The summed E-state index contributed by atoms with van der Waals surface area (Å²) in [5, 5.41) is 0. The molecule has 1 aromatic heterocycles. The highest BCUT2D eigenvalue weighted by Crippen LogP contribution is 2.27. The molecule has 0 fully saturated rings. The Balaban J connectivity index is 2.44. The number of thioether (sulfide) groups is 1. The zero-order chi connectivity index (χ0) is 14.8. The van der Waals surface area contributed by atoms with Crippen LogP contribution in [0.15, 0.2) is 23.2 Å². The van der Waals surface area contributed by atoms with Crippen molar-refractivity contribution in [2.75, 3.05) is 19.1 Å². The maximum atomic E-state index is 12.2. The van der Waals surface area contributed by atoms with E-state index in [-0.39, 0.29) is 5.75 Å². The van der Waals surface area contributed by atoms with Crippen LogP contribution in [-0.2, 0) is 6.54 Å². The second-order valence-electron chi connectivity index (χ2n) is 3.93. The molecule has 0 saturated carbocycles. The number of aromatic nitrogens is 1. The maximum Gasteiger partial charge on any atom is 0.573 e. The van der Waals surface area contributed by atoms with E-state index in [9.17, 15) is 13.2 Å². The van der Waals surface area contributed by atoms with Crippen molar-refractivity contribution in [1.29, 1.82) is 0 Å². The number of fused-ring (bicyclic) bond motifs is 1. The summed E-state index contributed by atoms with van der Waals surface area (Å²) in [5.74, 6) is 0.714. The van der Waals surface area contributed by atoms with Crippen LogP contribution in [0.5, 0.6) is 5.75 Å². The van der Waals surface area contributed by atoms with Gasteiger partial charge in [0.15, 0.2) is 4.80 Å². The Morgan fingerprint density at radius 2 is 2.15 bits per heavy atom. The third kappa shape index (κ3) is 3.49. The van der Waals surface area contributed by atoms with Crippen LogP contribution in [0, 0.1) is 0 Å². The zero-order valence-electron chi connectivity index (χ0n) is 10.9. The standard InChI is InChI=1S/C12H13F3N2OS2/c1-16-11-17(5-6-19-2)9-4-3-8(7-10(9)20-11)18-12(13,14)15/h3-4,7H,5-6H2,1-2H3/b16-11+. The van der Waals surface area contributed by atoms with Crippen LogP contribution < -0.4 is 9.54 Å². The fourth-order valence-electron chi connectivity index (χ4n) is 1.82. The van der Waals surface area contributed by atoms with Crippen molar-refractivity contribution in [3.8, 4) is 5.75 Å². The number of alkyl halides is 3. The Morgan fingerprint density at radius 1 is 1.40 bits per heavy atom. The Morgan fingerprint density at radius 3 is 2.75 bits per heavy atom.